The molecule has 1 aromatic heterocycles. The molecule has 0 amide bonds. The van der Waals surface area contributed by atoms with Crippen LogP contribution in [-0.4, -0.2) is 47.0 Å². The highest BCUT2D eigenvalue weighted by Gasteiger charge is 2.08. The summed E-state index contributed by atoms with van der Waals surface area (Å²) in [7, 11) is 3.56. The number of nitrogens with one attached hydrogen (secondary N) is 2. The fourth-order valence-electron chi connectivity index (χ4n) is 2.27. The summed E-state index contributed by atoms with van der Waals surface area (Å²) in [6.45, 7) is 9.24. The lowest BCUT2D eigenvalue weighted by atomic mass is 10.3. The largest absolute Gasteiger partial charge is 0.497 e. The van der Waals surface area contributed by atoms with Crippen molar-refractivity contribution in [2.24, 2.45) is 12.0 Å². The first-order valence-electron chi connectivity index (χ1n) is 8.82. The van der Waals surface area contributed by atoms with Crippen LogP contribution in [0.2, 0.25) is 0 Å². The first kappa shape index (κ1) is 23.7. The Morgan fingerprint density at radius 1 is 1.32 bits per heavy atom. The molecule has 154 valence electrons. The molecule has 9 heteroatoms. The maximum Gasteiger partial charge on any atom is 0.192 e. The number of aromatic nitrogens is 3. The minimum atomic E-state index is -0.0649. The van der Waals surface area contributed by atoms with Gasteiger partial charge in [-0.05, 0) is 26.0 Å². The fourth-order valence-corrected chi connectivity index (χ4v) is 2.27. The van der Waals surface area contributed by atoms with Crippen LogP contribution in [-0.2, 0) is 13.6 Å². The van der Waals surface area contributed by atoms with E-state index in [1.54, 1.807) is 13.2 Å². The van der Waals surface area contributed by atoms with E-state index in [-0.39, 0.29) is 30.1 Å². The van der Waals surface area contributed by atoms with Gasteiger partial charge in [-0.3, -0.25) is 0 Å². The molecule has 1 unspecified atom stereocenters. The van der Waals surface area contributed by atoms with E-state index in [4.69, 9.17) is 9.47 Å². The van der Waals surface area contributed by atoms with Crippen LogP contribution in [0.4, 0.5) is 0 Å². The van der Waals surface area contributed by atoms with Crippen LogP contribution in [0.5, 0.6) is 11.5 Å². The second kappa shape index (κ2) is 12.2. The van der Waals surface area contributed by atoms with Crippen molar-refractivity contribution in [2.75, 3.05) is 20.2 Å². The number of hydrogen-bond acceptors (Lipinski definition) is 5. The van der Waals surface area contributed by atoms with Gasteiger partial charge < -0.3 is 24.7 Å². The Balaban J connectivity index is 0.00000392. The monoisotopic (exact) mass is 500 g/mol. The van der Waals surface area contributed by atoms with Crippen LogP contribution in [0.25, 0.3) is 0 Å². The molecular weight excluding hydrogens is 471 g/mol. The number of halogens is 1. The zero-order valence-corrected chi connectivity index (χ0v) is 19.1. The van der Waals surface area contributed by atoms with Gasteiger partial charge in [0.2, 0.25) is 0 Å². The normalized spacial score (nSPS) is 11.9. The van der Waals surface area contributed by atoms with Crippen LogP contribution < -0.4 is 20.1 Å². The number of benzene rings is 1. The zero-order valence-electron chi connectivity index (χ0n) is 16.8. The van der Waals surface area contributed by atoms with Crippen molar-refractivity contribution >= 4 is 29.9 Å². The summed E-state index contributed by atoms with van der Waals surface area (Å²) in [6, 6.07) is 7.54. The summed E-state index contributed by atoms with van der Waals surface area (Å²) in [4.78, 5) is 4.56. The van der Waals surface area contributed by atoms with Gasteiger partial charge in [-0.15, -0.1) is 40.8 Å². The second-order valence-electron chi connectivity index (χ2n) is 6.05. The zero-order chi connectivity index (χ0) is 19.6. The van der Waals surface area contributed by atoms with Crippen LogP contribution in [0, 0.1) is 6.92 Å². The molecule has 8 nitrogen and oxygen atoms in total. The van der Waals surface area contributed by atoms with Crippen LogP contribution >= 0.6 is 24.0 Å². The molecule has 0 fully saturated rings. The molecule has 28 heavy (non-hydrogen) atoms. The van der Waals surface area contributed by atoms with Crippen LogP contribution in [0.15, 0.2) is 41.9 Å². The summed E-state index contributed by atoms with van der Waals surface area (Å²) < 4.78 is 13.1. The Hall–Kier alpha value is -2.30. The maximum atomic E-state index is 5.93. The molecule has 0 aliphatic rings. The number of aliphatic imine (C=N–C) groups is 1. The van der Waals surface area contributed by atoms with Crippen molar-refractivity contribution in [2.45, 2.75) is 26.5 Å². The standard InChI is InChI=1S/C19H28N6O2.HI/c1-6-10-20-19(22-13-18-24-23-15(3)25(18)4)21-12-14(2)27-17-9-7-8-16(11-17)26-5;/h6-9,11,14H,1,10,12-13H2,2-5H3,(H2,20,21,22);1H. The smallest absolute Gasteiger partial charge is 0.192 e. The van der Waals surface area contributed by atoms with Crippen molar-refractivity contribution in [3.05, 3.63) is 48.6 Å². The Labute approximate surface area is 183 Å². The third-order valence-corrected chi connectivity index (χ3v) is 3.91. The van der Waals surface area contributed by atoms with Gasteiger partial charge in [0.25, 0.3) is 0 Å². The van der Waals surface area contributed by atoms with Gasteiger partial charge >= 0.3 is 0 Å². The number of ether oxygens (including phenoxy) is 2. The number of guanidine groups is 1. The van der Waals surface area contributed by atoms with Crippen molar-refractivity contribution in [3.63, 3.8) is 0 Å². The molecule has 0 radical (unpaired) electrons. The Morgan fingerprint density at radius 2 is 2.07 bits per heavy atom. The molecule has 0 spiro atoms. The molecule has 0 aliphatic heterocycles. The molecule has 0 saturated heterocycles. The Kier molecular flexibility index (Phi) is 10.4. The first-order valence-corrected chi connectivity index (χ1v) is 8.82. The molecule has 0 aliphatic carbocycles. The molecular formula is C19H29IN6O2. The number of aryl methyl sites for hydroxylation is 1. The summed E-state index contributed by atoms with van der Waals surface area (Å²) in [5.74, 6) is 3.84. The highest BCUT2D eigenvalue weighted by atomic mass is 127. The topological polar surface area (TPSA) is 85.6 Å². The highest BCUT2D eigenvalue weighted by molar-refractivity contribution is 14.0. The first-order chi connectivity index (χ1) is 13.0. The van der Waals surface area contributed by atoms with E-state index < -0.39 is 0 Å². The molecule has 2 aromatic rings. The number of methoxy groups -OCH3 is 1. The van der Waals surface area contributed by atoms with Crippen molar-refractivity contribution in [3.8, 4) is 11.5 Å². The highest BCUT2D eigenvalue weighted by Crippen LogP contribution is 2.19. The average molecular weight is 500 g/mol. The van der Waals surface area contributed by atoms with Gasteiger partial charge in [0.1, 0.15) is 30.0 Å². The van der Waals surface area contributed by atoms with E-state index in [1.165, 1.54) is 0 Å². The van der Waals surface area contributed by atoms with Crippen LogP contribution in [0.1, 0.15) is 18.6 Å². The molecule has 2 rings (SSSR count). The van der Waals surface area contributed by atoms with Crippen molar-refractivity contribution in [1.29, 1.82) is 0 Å². The van der Waals surface area contributed by atoms with Crippen LogP contribution in [0.3, 0.4) is 0 Å². The van der Waals surface area contributed by atoms with E-state index >= 15 is 0 Å². The van der Waals surface area contributed by atoms with E-state index in [0.29, 0.717) is 25.6 Å². The minimum Gasteiger partial charge on any atom is -0.497 e. The molecule has 2 N–H and O–H groups in total. The predicted octanol–water partition coefficient (Wildman–Crippen LogP) is 2.44. The van der Waals surface area contributed by atoms with Crippen molar-refractivity contribution < 1.29 is 9.47 Å². The Bertz CT molecular complexity index is 778. The number of nitrogens with zero attached hydrogens (tertiary/aromatic N) is 4. The minimum absolute atomic E-state index is 0. The lowest BCUT2D eigenvalue weighted by Crippen LogP contribution is -2.42. The van der Waals surface area contributed by atoms with Gasteiger partial charge in [0.15, 0.2) is 11.8 Å². The van der Waals surface area contributed by atoms with Gasteiger partial charge in [-0.25, -0.2) is 4.99 Å². The third-order valence-electron chi connectivity index (χ3n) is 3.91. The quantitative estimate of drug-likeness (QED) is 0.238. The van der Waals surface area contributed by atoms with E-state index in [2.05, 4.69) is 32.4 Å². The lowest BCUT2D eigenvalue weighted by Gasteiger charge is -2.18. The Morgan fingerprint density at radius 3 is 2.71 bits per heavy atom. The average Bonchev–Trinajstić information content (AvgIpc) is 2.99. The van der Waals surface area contributed by atoms with Gasteiger partial charge in [-0.1, -0.05) is 12.1 Å². The second-order valence-corrected chi connectivity index (χ2v) is 6.05. The molecule has 1 atom stereocenters. The summed E-state index contributed by atoms with van der Waals surface area (Å²) in [5.41, 5.74) is 0. The third kappa shape index (κ3) is 7.37. The summed E-state index contributed by atoms with van der Waals surface area (Å²) in [6.07, 6.45) is 1.71. The molecule has 0 saturated carbocycles. The predicted molar refractivity (Wildman–Crippen MR) is 122 cm³/mol. The van der Waals surface area contributed by atoms with Gasteiger partial charge in [-0.2, -0.15) is 0 Å². The molecule has 1 aromatic carbocycles. The van der Waals surface area contributed by atoms with Crippen molar-refractivity contribution in [1.82, 2.24) is 25.4 Å². The lowest BCUT2D eigenvalue weighted by molar-refractivity contribution is 0.223. The van der Waals surface area contributed by atoms with E-state index in [0.717, 1.165) is 23.1 Å². The summed E-state index contributed by atoms with van der Waals surface area (Å²) in [5, 5.41) is 14.6. The molecule has 0 bridgehead atoms. The maximum absolute atomic E-state index is 5.93. The van der Waals surface area contributed by atoms with Gasteiger partial charge in [0, 0.05) is 19.7 Å². The number of hydrogen-bond donors (Lipinski definition) is 2. The summed E-state index contributed by atoms with van der Waals surface area (Å²) >= 11 is 0. The SMILES string of the molecule is C=CCNC(=NCc1nnc(C)n1C)NCC(C)Oc1cccc(OC)c1.I. The van der Waals surface area contributed by atoms with E-state index in [9.17, 15) is 0 Å². The number of rotatable bonds is 9. The molecule has 1 heterocycles. The van der Waals surface area contributed by atoms with Gasteiger partial charge in [0.05, 0.1) is 13.7 Å². The van der Waals surface area contributed by atoms with E-state index in [1.807, 2.05) is 49.7 Å². The fraction of sp³-hybridized carbons (Fsp3) is 0.421.